The number of nitrogens with zero attached hydrogens (tertiary/aromatic N) is 3. The maximum absolute atomic E-state index is 13.1. The third-order valence-corrected chi connectivity index (χ3v) is 5.89. The second-order valence-corrected chi connectivity index (χ2v) is 7.99. The Labute approximate surface area is 175 Å². The highest BCUT2D eigenvalue weighted by atomic mass is 35.5. The molecule has 8 heteroatoms. The number of methoxy groups -OCH3 is 1. The molecule has 1 aromatic carbocycles. The summed E-state index contributed by atoms with van der Waals surface area (Å²) in [4.78, 5) is 21.8. The van der Waals surface area contributed by atoms with E-state index in [9.17, 15) is 4.79 Å². The quantitative estimate of drug-likeness (QED) is 0.695. The molecule has 1 aromatic heterocycles. The summed E-state index contributed by atoms with van der Waals surface area (Å²) in [6.45, 7) is 7.57. The molecule has 1 aliphatic rings. The van der Waals surface area contributed by atoms with Crippen molar-refractivity contribution in [1.82, 2.24) is 9.88 Å². The zero-order chi connectivity index (χ0) is 20.1. The van der Waals surface area contributed by atoms with Crippen molar-refractivity contribution >= 4 is 34.0 Å². The van der Waals surface area contributed by atoms with E-state index in [0.717, 1.165) is 36.8 Å². The average Bonchev–Trinajstić information content (AvgIpc) is 2.98. The Morgan fingerprint density at radius 1 is 1.29 bits per heavy atom. The SMILES string of the molecule is CCCOc1c(Cl)cc(C(=O)N2CCCN(c3nc(C)cs3)CC2)cc1OC. The highest BCUT2D eigenvalue weighted by Crippen LogP contribution is 2.37. The number of thiazole rings is 1. The summed E-state index contributed by atoms with van der Waals surface area (Å²) in [5.41, 5.74) is 1.55. The lowest BCUT2D eigenvalue weighted by Crippen LogP contribution is -2.35. The van der Waals surface area contributed by atoms with Crippen LogP contribution in [0.1, 0.15) is 35.8 Å². The van der Waals surface area contributed by atoms with Crippen LogP contribution in [0.25, 0.3) is 0 Å². The molecular weight excluding hydrogens is 398 g/mol. The summed E-state index contributed by atoms with van der Waals surface area (Å²) < 4.78 is 11.1. The van der Waals surface area contributed by atoms with Gasteiger partial charge in [-0.15, -0.1) is 11.3 Å². The van der Waals surface area contributed by atoms with E-state index in [0.29, 0.717) is 41.8 Å². The lowest BCUT2D eigenvalue weighted by Gasteiger charge is -2.22. The van der Waals surface area contributed by atoms with Gasteiger partial charge in [0.15, 0.2) is 16.6 Å². The zero-order valence-corrected chi connectivity index (χ0v) is 18.1. The highest BCUT2D eigenvalue weighted by Gasteiger charge is 2.24. The number of ether oxygens (including phenoxy) is 2. The van der Waals surface area contributed by atoms with E-state index in [2.05, 4.69) is 15.3 Å². The Kier molecular flexibility index (Phi) is 7.02. The summed E-state index contributed by atoms with van der Waals surface area (Å²) in [5.74, 6) is 0.933. The maximum Gasteiger partial charge on any atom is 0.254 e. The van der Waals surface area contributed by atoms with Crippen molar-refractivity contribution in [2.75, 3.05) is 44.8 Å². The minimum Gasteiger partial charge on any atom is -0.493 e. The van der Waals surface area contributed by atoms with Gasteiger partial charge in [-0.1, -0.05) is 18.5 Å². The van der Waals surface area contributed by atoms with Gasteiger partial charge in [-0.25, -0.2) is 4.98 Å². The van der Waals surface area contributed by atoms with Crippen LogP contribution in [0.4, 0.5) is 5.13 Å². The van der Waals surface area contributed by atoms with E-state index in [4.69, 9.17) is 21.1 Å². The van der Waals surface area contributed by atoms with Crippen molar-refractivity contribution in [2.45, 2.75) is 26.7 Å². The fourth-order valence-electron chi connectivity index (χ4n) is 3.17. The van der Waals surface area contributed by atoms with Crippen molar-refractivity contribution in [3.63, 3.8) is 0 Å². The molecule has 0 N–H and O–H groups in total. The van der Waals surface area contributed by atoms with Crippen LogP contribution in [-0.2, 0) is 0 Å². The number of aryl methyl sites for hydroxylation is 1. The first-order chi connectivity index (χ1) is 13.5. The number of carbonyl (C=O) groups is 1. The van der Waals surface area contributed by atoms with Crippen molar-refractivity contribution in [3.8, 4) is 11.5 Å². The molecule has 1 aliphatic heterocycles. The third-order valence-electron chi connectivity index (χ3n) is 4.59. The maximum atomic E-state index is 13.1. The molecule has 0 unspecified atom stereocenters. The van der Waals surface area contributed by atoms with Crippen LogP contribution in [0, 0.1) is 6.92 Å². The number of hydrogen-bond donors (Lipinski definition) is 0. The first-order valence-corrected chi connectivity index (χ1v) is 10.8. The fourth-order valence-corrected chi connectivity index (χ4v) is 4.29. The standard InChI is InChI=1S/C20H26ClN3O3S/c1-4-10-27-18-16(21)11-15(12-17(18)26-3)19(25)23-6-5-7-24(9-8-23)20-22-14(2)13-28-20/h11-13H,4-10H2,1-3H3. The van der Waals surface area contributed by atoms with Crippen molar-refractivity contribution < 1.29 is 14.3 Å². The van der Waals surface area contributed by atoms with E-state index in [1.807, 2.05) is 18.7 Å². The molecule has 152 valence electrons. The monoisotopic (exact) mass is 423 g/mol. The molecule has 0 atom stereocenters. The number of benzene rings is 1. The summed E-state index contributed by atoms with van der Waals surface area (Å²) in [6.07, 6.45) is 1.76. The van der Waals surface area contributed by atoms with Crippen LogP contribution in [0.5, 0.6) is 11.5 Å². The molecule has 0 aliphatic carbocycles. The Bertz CT molecular complexity index is 827. The van der Waals surface area contributed by atoms with Gasteiger partial charge in [0.25, 0.3) is 5.91 Å². The number of carbonyl (C=O) groups excluding carboxylic acids is 1. The van der Waals surface area contributed by atoms with E-state index in [-0.39, 0.29) is 5.91 Å². The van der Waals surface area contributed by atoms with Gasteiger partial charge < -0.3 is 19.3 Å². The second-order valence-electron chi connectivity index (χ2n) is 6.74. The fraction of sp³-hybridized carbons (Fsp3) is 0.500. The molecule has 0 bridgehead atoms. The van der Waals surface area contributed by atoms with Crippen molar-refractivity contribution in [2.24, 2.45) is 0 Å². The molecule has 0 radical (unpaired) electrons. The molecule has 1 amide bonds. The number of hydrogen-bond acceptors (Lipinski definition) is 6. The van der Waals surface area contributed by atoms with Crippen LogP contribution in [0.3, 0.4) is 0 Å². The predicted octanol–water partition coefficient (Wildman–Crippen LogP) is 4.25. The lowest BCUT2D eigenvalue weighted by atomic mass is 10.1. The van der Waals surface area contributed by atoms with Crippen molar-refractivity contribution in [3.05, 3.63) is 33.8 Å². The number of rotatable bonds is 6. The molecular formula is C20H26ClN3O3S. The molecule has 0 saturated carbocycles. The summed E-state index contributed by atoms with van der Waals surface area (Å²) in [6, 6.07) is 3.39. The van der Waals surface area contributed by atoms with E-state index in [1.165, 1.54) is 0 Å². The second kappa shape index (κ2) is 9.47. The van der Waals surface area contributed by atoms with Crippen molar-refractivity contribution in [1.29, 1.82) is 0 Å². The molecule has 2 aromatic rings. The van der Waals surface area contributed by atoms with Gasteiger partial charge >= 0.3 is 0 Å². The number of anilines is 1. The van der Waals surface area contributed by atoms with Crippen LogP contribution < -0.4 is 14.4 Å². The van der Waals surface area contributed by atoms with Gasteiger partial charge in [-0.3, -0.25) is 4.79 Å². The Balaban J connectivity index is 1.73. The first-order valence-electron chi connectivity index (χ1n) is 9.50. The predicted molar refractivity (Wildman–Crippen MR) is 113 cm³/mol. The van der Waals surface area contributed by atoms with Crippen LogP contribution in [0.2, 0.25) is 5.02 Å². The molecule has 3 rings (SSSR count). The summed E-state index contributed by atoms with van der Waals surface area (Å²) >= 11 is 8.03. The lowest BCUT2D eigenvalue weighted by molar-refractivity contribution is 0.0766. The molecule has 28 heavy (non-hydrogen) atoms. The van der Waals surface area contributed by atoms with E-state index < -0.39 is 0 Å². The first kappa shape index (κ1) is 20.7. The van der Waals surface area contributed by atoms with Crippen LogP contribution in [-0.4, -0.2) is 55.7 Å². The van der Waals surface area contributed by atoms with Gasteiger partial charge in [-0.2, -0.15) is 0 Å². The largest absolute Gasteiger partial charge is 0.493 e. The summed E-state index contributed by atoms with van der Waals surface area (Å²) in [5, 5.41) is 3.47. The Morgan fingerprint density at radius 3 is 2.79 bits per heavy atom. The topological polar surface area (TPSA) is 54.9 Å². The molecule has 2 heterocycles. The molecule has 0 spiro atoms. The highest BCUT2D eigenvalue weighted by molar-refractivity contribution is 7.13. The van der Waals surface area contributed by atoms with Gasteiger partial charge in [0.2, 0.25) is 0 Å². The molecule has 1 saturated heterocycles. The minimum atomic E-state index is -0.0422. The van der Waals surface area contributed by atoms with Gasteiger partial charge in [0.05, 0.1) is 24.4 Å². The van der Waals surface area contributed by atoms with E-state index in [1.54, 1.807) is 30.6 Å². The minimum absolute atomic E-state index is 0.0422. The molecule has 1 fully saturated rings. The van der Waals surface area contributed by atoms with Gasteiger partial charge in [-0.05, 0) is 31.9 Å². The number of amides is 1. The summed E-state index contributed by atoms with van der Waals surface area (Å²) in [7, 11) is 1.55. The Hall–Kier alpha value is -1.99. The Morgan fingerprint density at radius 2 is 2.11 bits per heavy atom. The van der Waals surface area contributed by atoms with E-state index >= 15 is 0 Å². The van der Waals surface area contributed by atoms with Crippen LogP contribution >= 0.6 is 22.9 Å². The normalized spacial score (nSPS) is 14.7. The third kappa shape index (κ3) is 4.70. The number of aromatic nitrogens is 1. The smallest absolute Gasteiger partial charge is 0.254 e. The van der Waals surface area contributed by atoms with Crippen LogP contribution in [0.15, 0.2) is 17.5 Å². The van der Waals surface area contributed by atoms with Gasteiger partial charge in [0.1, 0.15) is 0 Å². The average molecular weight is 424 g/mol. The number of halogens is 1. The zero-order valence-electron chi connectivity index (χ0n) is 16.5. The molecule has 6 nitrogen and oxygen atoms in total. The van der Waals surface area contributed by atoms with Gasteiger partial charge in [0, 0.05) is 37.1 Å².